The summed E-state index contributed by atoms with van der Waals surface area (Å²) in [6.45, 7) is -0.608. The lowest BCUT2D eigenvalue weighted by atomic mass is 10.1. The van der Waals surface area contributed by atoms with Crippen LogP contribution in [0, 0.1) is 0 Å². The summed E-state index contributed by atoms with van der Waals surface area (Å²) in [4.78, 5) is 25.9. The molecule has 144 valence electrons. The van der Waals surface area contributed by atoms with Crippen LogP contribution in [0.15, 0.2) is 40.3 Å². The van der Waals surface area contributed by atoms with Crippen molar-refractivity contribution in [3.05, 3.63) is 57.0 Å². The number of alkyl halides is 6. The van der Waals surface area contributed by atoms with Gasteiger partial charge in [-0.1, -0.05) is 0 Å². The van der Waals surface area contributed by atoms with Crippen molar-refractivity contribution >= 4 is 5.65 Å². The maximum atomic E-state index is 13.4. The van der Waals surface area contributed by atoms with Crippen LogP contribution in [0.25, 0.3) is 16.8 Å². The maximum absolute atomic E-state index is 13.4. The lowest BCUT2D eigenvalue weighted by molar-refractivity contribution is -0.140. The number of hydrogen-bond donors (Lipinski definition) is 1. The largest absolute Gasteiger partial charge is 0.432 e. The Kier molecular flexibility index (Phi) is 4.36. The highest BCUT2D eigenvalue weighted by atomic mass is 19.4. The first-order chi connectivity index (χ1) is 12.5. The number of aromatic nitrogens is 4. The van der Waals surface area contributed by atoms with Gasteiger partial charge >= 0.3 is 12.4 Å². The van der Waals surface area contributed by atoms with Gasteiger partial charge in [0.2, 0.25) is 0 Å². The second kappa shape index (κ2) is 6.28. The number of H-pyrrole nitrogens is 1. The summed E-state index contributed by atoms with van der Waals surface area (Å²) in [5, 5.41) is 3.59. The standard InChI is InChI=1S/C15H10F6N4O2/c16-14(17,18)2-4-24-7-8(6-22-24)11-12(15(19,20)21)23-10-5-9(26)1-3-25(10)13(11)27/h1,3,5-7,23H,2,4H2. The Morgan fingerprint density at radius 3 is 2.44 bits per heavy atom. The van der Waals surface area contributed by atoms with Crippen molar-refractivity contribution in [1.29, 1.82) is 0 Å². The third-order valence-electron chi connectivity index (χ3n) is 3.69. The highest BCUT2D eigenvalue weighted by Crippen LogP contribution is 2.34. The molecule has 0 saturated heterocycles. The van der Waals surface area contributed by atoms with Crippen LogP contribution >= 0.6 is 0 Å². The number of rotatable bonds is 3. The van der Waals surface area contributed by atoms with E-state index in [9.17, 15) is 35.9 Å². The maximum Gasteiger partial charge on any atom is 0.432 e. The minimum Gasteiger partial charge on any atom is -0.336 e. The van der Waals surface area contributed by atoms with Crippen LogP contribution in [0.3, 0.4) is 0 Å². The van der Waals surface area contributed by atoms with Gasteiger partial charge in [0.15, 0.2) is 5.43 Å². The smallest absolute Gasteiger partial charge is 0.336 e. The SMILES string of the molecule is O=c1ccn2c(=O)c(-c3cnn(CCC(F)(F)F)c3)c(C(F)(F)F)[nH]c2c1. The van der Waals surface area contributed by atoms with Crippen LogP contribution in [0.1, 0.15) is 12.1 Å². The van der Waals surface area contributed by atoms with E-state index >= 15 is 0 Å². The Morgan fingerprint density at radius 2 is 1.81 bits per heavy atom. The summed E-state index contributed by atoms with van der Waals surface area (Å²) in [5.41, 5.74) is -4.59. The summed E-state index contributed by atoms with van der Waals surface area (Å²) in [7, 11) is 0. The van der Waals surface area contributed by atoms with Gasteiger partial charge in [-0.3, -0.25) is 18.7 Å². The molecule has 12 heteroatoms. The van der Waals surface area contributed by atoms with Crippen LogP contribution in [0.2, 0.25) is 0 Å². The average Bonchev–Trinajstić information content (AvgIpc) is 2.99. The Labute approximate surface area is 145 Å². The zero-order chi connectivity index (χ0) is 20.0. The molecule has 1 N–H and O–H groups in total. The topological polar surface area (TPSA) is 72.2 Å². The number of fused-ring (bicyclic) bond motifs is 1. The van der Waals surface area contributed by atoms with Gasteiger partial charge in [0, 0.05) is 36.6 Å². The van der Waals surface area contributed by atoms with Crippen molar-refractivity contribution < 1.29 is 26.3 Å². The van der Waals surface area contributed by atoms with Crippen molar-refractivity contribution in [2.75, 3.05) is 0 Å². The second-order valence-corrected chi connectivity index (χ2v) is 5.65. The van der Waals surface area contributed by atoms with Crippen molar-refractivity contribution in [3.8, 4) is 11.1 Å². The summed E-state index contributed by atoms with van der Waals surface area (Å²) in [5.74, 6) is 0. The number of hydrogen-bond acceptors (Lipinski definition) is 3. The number of nitrogens with one attached hydrogen (secondary N) is 1. The molecule has 0 fully saturated rings. The number of halogens is 6. The first kappa shape index (κ1) is 18.7. The molecular formula is C15H10F6N4O2. The molecule has 6 nitrogen and oxygen atoms in total. The molecule has 0 saturated carbocycles. The van der Waals surface area contributed by atoms with E-state index in [0.717, 1.165) is 39.8 Å². The van der Waals surface area contributed by atoms with Crippen LogP contribution in [0.5, 0.6) is 0 Å². The van der Waals surface area contributed by atoms with Crippen LogP contribution in [-0.4, -0.2) is 25.3 Å². The van der Waals surface area contributed by atoms with Gasteiger partial charge < -0.3 is 4.98 Å². The molecule has 0 spiro atoms. The van der Waals surface area contributed by atoms with E-state index < -0.39 is 47.6 Å². The van der Waals surface area contributed by atoms with E-state index in [0.29, 0.717) is 0 Å². The third-order valence-corrected chi connectivity index (χ3v) is 3.69. The number of pyridine rings is 1. The summed E-state index contributed by atoms with van der Waals surface area (Å²) in [6.07, 6.45) is -7.85. The molecule has 0 unspecified atom stereocenters. The van der Waals surface area contributed by atoms with E-state index in [1.165, 1.54) is 0 Å². The first-order valence-corrected chi connectivity index (χ1v) is 7.41. The van der Waals surface area contributed by atoms with Gasteiger partial charge in [-0.25, -0.2) is 0 Å². The molecule has 27 heavy (non-hydrogen) atoms. The van der Waals surface area contributed by atoms with Gasteiger partial charge in [0.1, 0.15) is 11.3 Å². The summed E-state index contributed by atoms with van der Waals surface area (Å²) < 4.78 is 78.7. The first-order valence-electron chi connectivity index (χ1n) is 7.41. The summed E-state index contributed by atoms with van der Waals surface area (Å²) in [6, 6.07) is 1.82. The van der Waals surface area contributed by atoms with Gasteiger partial charge in [-0.05, 0) is 0 Å². The van der Waals surface area contributed by atoms with Crippen LogP contribution < -0.4 is 11.0 Å². The molecule has 3 aromatic rings. The van der Waals surface area contributed by atoms with E-state index in [2.05, 4.69) is 5.10 Å². The molecule has 0 bridgehead atoms. The Balaban J connectivity index is 2.17. The average molecular weight is 392 g/mol. The zero-order valence-electron chi connectivity index (χ0n) is 13.2. The predicted molar refractivity (Wildman–Crippen MR) is 81.2 cm³/mol. The Bertz CT molecular complexity index is 1110. The van der Waals surface area contributed by atoms with Crippen molar-refractivity contribution in [3.63, 3.8) is 0 Å². The lowest BCUT2D eigenvalue weighted by Gasteiger charge is -2.13. The van der Waals surface area contributed by atoms with Gasteiger partial charge in [0.05, 0.1) is 18.2 Å². The molecule has 0 radical (unpaired) electrons. The number of aryl methyl sites for hydroxylation is 1. The third kappa shape index (κ3) is 3.88. The zero-order valence-corrected chi connectivity index (χ0v) is 13.2. The van der Waals surface area contributed by atoms with Crippen molar-refractivity contribution in [2.45, 2.75) is 25.3 Å². The molecule has 0 aliphatic rings. The fourth-order valence-electron chi connectivity index (χ4n) is 2.51. The highest BCUT2D eigenvalue weighted by molar-refractivity contribution is 5.66. The Morgan fingerprint density at radius 1 is 1.11 bits per heavy atom. The normalized spacial score (nSPS) is 12.7. The fourth-order valence-corrected chi connectivity index (χ4v) is 2.51. The van der Waals surface area contributed by atoms with Crippen molar-refractivity contribution in [1.82, 2.24) is 19.2 Å². The molecule has 3 rings (SSSR count). The highest BCUT2D eigenvalue weighted by Gasteiger charge is 2.37. The molecule has 3 aromatic heterocycles. The number of nitrogens with zero attached hydrogens (tertiary/aromatic N) is 3. The predicted octanol–water partition coefficient (Wildman–Crippen LogP) is 2.82. The van der Waals surface area contributed by atoms with Gasteiger partial charge in [-0.15, -0.1) is 0 Å². The quantitative estimate of drug-likeness (QED) is 0.697. The van der Waals surface area contributed by atoms with E-state index in [1.54, 1.807) is 0 Å². The summed E-state index contributed by atoms with van der Waals surface area (Å²) >= 11 is 0. The molecule has 0 amide bonds. The molecule has 3 heterocycles. The minimum atomic E-state index is -4.98. The van der Waals surface area contributed by atoms with E-state index in [4.69, 9.17) is 0 Å². The van der Waals surface area contributed by atoms with Gasteiger partial charge in [0.25, 0.3) is 5.56 Å². The van der Waals surface area contributed by atoms with Crippen molar-refractivity contribution in [2.24, 2.45) is 0 Å². The van der Waals surface area contributed by atoms with Gasteiger partial charge in [-0.2, -0.15) is 31.4 Å². The molecule has 0 aromatic carbocycles. The monoisotopic (exact) mass is 392 g/mol. The van der Waals surface area contributed by atoms with Crippen LogP contribution in [-0.2, 0) is 12.7 Å². The lowest BCUT2D eigenvalue weighted by Crippen LogP contribution is -2.25. The number of aromatic amines is 1. The minimum absolute atomic E-state index is 0.300. The van der Waals surface area contributed by atoms with Crippen LogP contribution in [0.4, 0.5) is 26.3 Å². The molecule has 0 aliphatic heterocycles. The molecule has 0 aliphatic carbocycles. The molecular weight excluding hydrogens is 382 g/mol. The second-order valence-electron chi connectivity index (χ2n) is 5.65. The molecule has 0 atom stereocenters. The van der Waals surface area contributed by atoms with E-state index in [-0.39, 0.29) is 11.2 Å². The van der Waals surface area contributed by atoms with E-state index in [1.807, 2.05) is 4.98 Å². The Hall–Kier alpha value is -3.05. The fraction of sp³-hybridized carbons (Fsp3) is 0.267.